The number of benzene rings is 2. The molecule has 2 N–H and O–H groups in total. The van der Waals surface area contributed by atoms with Crippen LogP contribution in [-0.4, -0.2) is 20.7 Å². The molecule has 0 unspecified atom stereocenters. The van der Waals surface area contributed by atoms with Gasteiger partial charge in [-0.05, 0) is 55.3 Å². The highest BCUT2D eigenvalue weighted by molar-refractivity contribution is 6.30. The minimum atomic E-state index is -0.433. The molecule has 0 saturated carbocycles. The Balaban J connectivity index is 1.90. The Morgan fingerprint density at radius 3 is 2.50 bits per heavy atom. The number of halogens is 1. The van der Waals surface area contributed by atoms with Gasteiger partial charge in [-0.15, -0.1) is 0 Å². The predicted molar refractivity (Wildman–Crippen MR) is 93.6 cm³/mol. The molecule has 1 amide bonds. The second-order valence-corrected chi connectivity index (χ2v) is 6.09. The van der Waals surface area contributed by atoms with E-state index in [-0.39, 0.29) is 0 Å². The first-order valence-corrected chi connectivity index (χ1v) is 7.89. The number of hydrogen-bond donors (Lipinski definition) is 1. The monoisotopic (exact) mass is 340 g/mol. The molecule has 3 aromatic rings. The van der Waals surface area contributed by atoms with E-state index >= 15 is 0 Å². The van der Waals surface area contributed by atoms with Crippen LogP contribution in [0.2, 0.25) is 5.02 Å². The average molecular weight is 341 g/mol. The van der Waals surface area contributed by atoms with Crippen molar-refractivity contribution in [3.63, 3.8) is 0 Å². The summed E-state index contributed by atoms with van der Waals surface area (Å²) in [6.45, 7) is 3.75. The third-order valence-corrected chi connectivity index (χ3v) is 4.06. The van der Waals surface area contributed by atoms with E-state index in [4.69, 9.17) is 17.3 Å². The first-order chi connectivity index (χ1) is 11.4. The fraction of sp³-hybridized carbons (Fsp3) is 0.167. The molecule has 0 bridgehead atoms. The molecule has 1 heterocycles. The summed E-state index contributed by atoms with van der Waals surface area (Å²) in [5, 5.41) is 5.28. The maximum Gasteiger partial charge on any atom is 0.248 e. The minimum Gasteiger partial charge on any atom is -0.366 e. The van der Waals surface area contributed by atoms with Crippen LogP contribution in [0.25, 0.3) is 5.69 Å². The van der Waals surface area contributed by atoms with Crippen LogP contribution in [0.15, 0.2) is 42.5 Å². The number of amides is 1. The quantitative estimate of drug-likeness (QED) is 0.792. The molecule has 5 nitrogen and oxygen atoms in total. The van der Waals surface area contributed by atoms with Crippen molar-refractivity contribution in [3.05, 3.63) is 75.8 Å². The summed E-state index contributed by atoms with van der Waals surface area (Å²) in [5.74, 6) is 1.08. The third kappa shape index (κ3) is 3.31. The zero-order chi connectivity index (χ0) is 17.3. The van der Waals surface area contributed by atoms with Crippen molar-refractivity contribution in [1.82, 2.24) is 14.8 Å². The van der Waals surface area contributed by atoms with Gasteiger partial charge in [0.1, 0.15) is 5.82 Å². The van der Waals surface area contributed by atoms with Gasteiger partial charge in [-0.3, -0.25) is 4.79 Å². The molecule has 0 spiro atoms. The van der Waals surface area contributed by atoms with E-state index in [1.807, 2.05) is 50.2 Å². The van der Waals surface area contributed by atoms with Crippen LogP contribution in [0, 0.1) is 13.8 Å². The average Bonchev–Trinajstić information content (AvgIpc) is 2.89. The summed E-state index contributed by atoms with van der Waals surface area (Å²) < 4.78 is 1.77. The molecule has 6 heteroatoms. The van der Waals surface area contributed by atoms with Gasteiger partial charge in [0.15, 0.2) is 5.82 Å². The molecule has 0 atom stereocenters. The maximum atomic E-state index is 11.3. The fourth-order valence-electron chi connectivity index (χ4n) is 2.60. The number of rotatable bonds is 4. The molecule has 0 aliphatic carbocycles. The lowest BCUT2D eigenvalue weighted by atomic mass is 10.1. The normalized spacial score (nSPS) is 10.8. The lowest BCUT2D eigenvalue weighted by Gasteiger charge is -2.07. The molecule has 3 rings (SSSR count). The Morgan fingerprint density at radius 1 is 1.17 bits per heavy atom. The lowest BCUT2D eigenvalue weighted by Crippen LogP contribution is -2.13. The molecule has 0 radical (unpaired) electrons. The van der Waals surface area contributed by atoms with Gasteiger partial charge in [0, 0.05) is 17.0 Å². The van der Waals surface area contributed by atoms with Gasteiger partial charge in [0.05, 0.1) is 5.69 Å². The standard InChI is InChI=1S/C18H17ClN4O/c1-11-9-15(7-8-16(11)18(20)24)23-12(2)21-17(22-23)10-13-3-5-14(19)6-4-13/h3-9H,10H2,1-2H3,(H2,20,24). The summed E-state index contributed by atoms with van der Waals surface area (Å²) in [6, 6.07) is 13.1. The second-order valence-electron chi connectivity index (χ2n) is 5.65. The van der Waals surface area contributed by atoms with Gasteiger partial charge in [-0.25, -0.2) is 9.67 Å². The van der Waals surface area contributed by atoms with E-state index in [0.717, 1.165) is 28.5 Å². The van der Waals surface area contributed by atoms with Gasteiger partial charge in [-0.1, -0.05) is 23.7 Å². The highest BCUT2D eigenvalue weighted by atomic mass is 35.5. The smallest absolute Gasteiger partial charge is 0.248 e. The molecule has 2 aromatic carbocycles. The molecule has 0 aliphatic heterocycles. The van der Waals surface area contributed by atoms with Crippen molar-refractivity contribution in [3.8, 4) is 5.69 Å². The molecule has 0 saturated heterocycles. The van der Waals surface area contributed by atoms with Gasteiger partial charge in [-0.2, -0.15) is 5.10 Å². The second kappa shape index (κ2) is 6.45. The van der Waals surface area contributed by atoms with Crippen LogP contribution in [0.1, 0.15) is 33.1 Å². The zero-order valence-electron chi connectivity index (χ0n) is 13.5. The van der Waals surface area contributed by atoms with Crippen molar-refractivity contribution in [2.24, 2.45) is 5.73 Å². The van der Waals surface area contributed by atoms with E-state index < -0.39 is 5.91 Å². The largest absolute Gasteiger partial charge is 0.366 e. The number of hydrogen-bond acceptors (Lipinski definition) is 3. The van der Waals surface area contributed by atoms with E-state index in [1.165, 1.54) is 0 Å². The molecule has 122 valence electrons. The van der Waals surface area contributed by atoms with Crippen molar-refractivity contribution in [2.45, 2.75) is 20.3 Å². The predicted octanol–water partition coefficient (Wildman–Crippen LogP) is 3.23. The first-order valence-electron chi connectivity index (χ1n) is 7.52. The van der Waals surface area contributed by atoms with Crippen molar-refractivity contribution in [1.29, 1.82) is 0 Å². The summed E-state index contributed by atoms with van der Waals surface area (Å²) >= 11 is 5.91. The number of nitrogens with zero attached hydrogens (tertiary/aromatic N) is 3. The topological polar surface area (TPSA) is 73.8 Å². The van der Waals surface area contributed by atoms with Crippen LogP contribution in [0.3, 0.4) is 0 Å². The summed E-state index contributed by atoms with van der Waals surface area (Å²) in [4.78, 5) is 15.9. The minimum absolute atomic E-state index is 0.433. The van der Waals surface area contributed by atoms with E-state index in [2.05, 4.69) is 10.1 Å². The van der Waals surface area contributed by atoms with Crippen LogP contribution >= 0.6 is 11.6 Å². The van der Waals surface area contributed by atoms with E-state index in [0.29, 0.717) is 17.0 Å². The number of carbonyl (C=O) groups is 1. The Hall–Kier alpha value is -2.66. The zero-order valence-corrected chi connectivity index (χ0v) is 14.2. The fourth-order valence-corrected chi connectivity index (χ4v) is 2.73. The summed E-state index contributed by atoms with van der Waals surface area (Å²) in [5.41, 5.74) is 8.62. The van der Waals surface area contributed by atoms with Crippen molar-refractivity contribution in [2.75, 3.05) is 0 Å². The summed E-state index contributed by atoms with van der Waals surface area (Å²) in [6.07, 6.45) is 0.628. The van der Waals surface area contributed by atoms with Gasteiger partial charge in [0.25, 0.3) is 0 Å². The van der Waals surface area contributed by atoms with Gasteiger partial charge < -0.3 is 5.73 Å². The Morgan fingerprint density at radius 2 is 1.88 bits per heavy atom. The summed E-state index contributed by atoms with van der Waals surface area (Å²) in [7, 11) is 0. The SMILES string of the molecule is Cc1cc(-n2nc(Cc3ccc(Cl)cc3)nc2C)ccc1C(N)=O. The number of primary amides is 1. The first kappa shape index (κ1) is 16.2. The molecule has 1 aromatic heterocycles. The van der Waals surface area contributed by atoms with E-state index in [9.17, 15) is 4.79 Å². The van der Waals surface area contributed by atoms with Crippen LogP contribution in [0.4, 0.5) is 0 Å². The highest BCUT2D eigenvalue weighted by Crippen LogP contribution is 2.17. The maximum absolute atomic E-state index is 11.3. The third-order valence-electron chi connectivity index (χ3n) is 3.81. The Bertz CT molecular complexity index is 900. The van der Waals surface area contributed by atoms with Crippen molar-refractivity contribution >= 4 is 17.5 Å². The Labute approximate surface area is 145 Å². The molecular weight excluding hydrogens is 324 g/mol. The number of nitrogens with two attached hydrogens (primary N) is 1. The molecule has 0 fully saturated rings. The number of aromatic nitrogens is 3. The van der Waals surface area contributed by atoms with Gasteiger partial charge in [0.2, 0.25) is 5.91 Å². The molecule has 24 heavy (non-hydrogen) atoms. The van der Waals surface area contributed by atoms with E-state index in [1.54, 1.807) is 10.7 Å². The van der Waals surface area contributed by atoms with Crippen LogP contribution < -0.4 is 5.73 Å². The Kier molecular flexibility index (Phi) is 4.36. The van der Waals surface area contributed by atoms with Crippen LogP contribution in [0.5, 0.6) is 0 Å². The highest BCUT2D eigenvalue weighted by Gasteiger charge is 2.11. The molecular formula is C18H17ClN4O. The van der Waals surface area contributed by atoms with Crippen molar-refractivity contribution < 1.29 is 4.79 Å². The number of carbonyl (C=O) groups excluding carboxylic acids is 1. The number of aryl methyl sites for hydroxylation is 2. The molecule has 0 aliphatic rings. The van der Waals surface area contributed by atoms with Gasteiger partial charge >= 0.3 is 0 Å². The lowest BCUT2D eigenvalue weighted by molar-refractivity contribution is 0.0999. The van der Waals surface area contributed by atoms with Crippen LogP contribution in [-0.2, 0) is 6.42 Å².